The largest absolute Gasteiger partial charge is 0.524 e. The van der Waals surface area contributed by atoms with E-state index in [1.165, 1.54) is 58.2 Å². The summed E-state index contributed by atoms with van der Waals surface area (Å²) in [6, 6.07) is 36.6. The number of ketones is 2. The number of fused-ring (bicyclic) bond motifs is 2. The molecular weight excluding hydrogens is 1080 g/mol. The van der Waals surface area contributed by atoms with Crippen LogP contribution < -0.4 is 25.0 Å². The maximum atomic E-state index is 15.1. The quantitative estimate of drug-likeness (QED) is 0.0106. The summed E-state index contributed by atoms with van der Waals surface area (Å²) >= 11 is 0. The molecule has 0 aromatic heterocycles. The monoisotopic (exact) mass is 1160 g/mol. The summed E-state index contributed by atoms with van der Waals surface area (Å²) in [6.07, 6.45) is 13.1. The third-order valence-corrected chi connectivity index (χ3v) is 16.4. The molecule has 0 spiro atoms. The standard InChI is InChI=1S/C67H83FN7O8P/c1-66(2)53-27-18-20-30-56(53)74(7)61(66)35-25-36-62-67(3,4)54-28-19-21-31-57(54)75(62)47-24-12-16-37-63(78)70-55(29-13-11-15-32-58(76)48-38-40-49(41-39-48)71-72-50-42-44-51(45-43-50)73(5)6)65(79)69-46-23-10-8-9-14-33-59(77)64(68)52-26-17-22-34-60(52)83-84(80,81)82/h17-22,25-28,30-31,34-36,38-45,55,64H,8-16,23-24,29,32-33,37,46-47H2,1-7H3,(H3-,69,70,78,79,80,81,82)/p+1. The minimum atomic E-state index is -4.95. The first kappa shape index (κ1) is 64.2. The number of nitrogens with one attached hydrogen (secondary N) is 2. The highest BCUT2D eigenvalue weighted by molar-refractivity contribution is 7.46. The fraction of sp³-hybridized carbons (Fsp3) is 0.418. The third-order valence-electron chi connectivity index (χ3n) is 16.0. The van der Waals surface area contributed by atoms with Gasteiger partial charge < -0.3 is 25.0 Å². The number of Topliss-reactive ketones (excluding diaryl/α,β-unsaturated/α-hetero) is 2. The van der Waals surface area contributed by atoms with Gasteiger partial charge in [-0.15, -0.1) is 0 Å². The fourth-order valence-corrected chi connectivity index (χ4v) is 11.7. The molecule has 0 aliphatic carbocycles. The molecule has 446 valence electrons. The molecule has 17 heteroatoms. The van der Waals surface area contributed by atoms with Crippen LogP contribution in [0.5, 0.6) is 5.75 Å². The number of hydrogen-bond acceptors (Lipinski definition) is 10. The van der Waals surface area contributed by atoms with Crippen molar-refractivity contribution in [1.82, 2.24) is 10.6 Å². The van der Waals surface area contributed by atoms with E-state index in [1.807, 2.05) is 43.3 Å². The molecule has 4 N–H and O–H groups in total. The van der Waals surface area contributed by atoms with Gasteiger partial charge in [-0.25, -0.2) is 8.96 Å². The van der Waals surface area contributed by atoms with Gasteiger partial charge in [-0.1, -0.05) is 113 Å². The van der Waals surface area contributed by atoms with Crippen LogP contribution in [0.2, 0.25) is 0 Å². The zero-order chi connectivity index (χ0) is 60.4. The van der Waals surface area contributed by atoms with Crippen molar-refractivity contribution < 1.29 is 47.0 Å². The van der Waals surface area contributed by atoms with Crippen molar-refractivity contribution in [1.29, 1.82) is 0 Å². The Morgan fingerprint density at radius 2 is 1.31 bits per heavy atom. The molecule has 0 fully saturated rings. The molecule has 5 aromatic carbocycles. The Hall–Kier alpha value is -7.39. The van der Waals surface area contributed by atoms with E-state index < -0.39 is 25.8 Å². The molecular formula is C67H84FN7O8P+. The Kier molecular flexibility index (Phi) is 22.9. The van der Waals surface area contributed by atoms with Crippen LogP contribution in [0.4, 0.5) is 32.8 Å². The van der Waals surface area contributed by atoms with E-state index in [1.54, 1.807) is 24.3 Å². The van der Waals surface area contributed by atoms with Crippen LogP contribution >= 0.6 is 7.82 Å². The number of allylic oxidation sites excluding steroid dienone is 4. The van der Waals surface area contributed by atoms with Gasteiger partial charge in [-0.2, -0.15) is 14.8 Å². The van der Waals surface area contributed by atoms with E-state index in [0.29, 0.717) is 75.6 Å². The van der Waals surface area contributed by atoms with Crippen molar-refractivity contribution in [3.8, 4) is 5.75 Å². The highest BCUT2D eigenvalue weighted by Crippen LogP contribution is 2.48. The Morgan fingerprint density at radius 3 is 2.01 bits per heavy atom. The predicted octanol–water partition coefficient (Wildman–Crippen LogP) is 14.5. The number of phosphoric acid groups is 1. The van der Waals surface area contributed by atoms with Gasteiger partial charge in [-0.05, 0) is 125 Å². The summed E-state index contributed by atoms with van der Waals surface area (Å²) < 4.78 is 33.4. The first-order chi connectivity index (χ1) is 40.1. The zero-order valence-electron chi connectivity index (χ0n) is 49.9. The fourth-order valence-electron chi connectivity index (χ4n) is 11.3. The highest BCUT2D eigenvalue weighted by atomic mass is 31.2. The van der Waals surface area contributed by atoms with Crippen LogP contribution in [0.25, 0.3) is 0 Å². The second kappa shape index (κ2) is 29.9. The van der Waals surface area contributed by atoms with Gasteiger partial charge in [0, 0.05) is 97.8 Å². The van der Waals surface area contributed by atoms with Gasteiger partial charge in [0.05, 0.1) is 16.8 Å². The normalized spacial score (nSPS) is 15.5. The van der Waals surface area contributed by atoms with Gasteiger partial charge >= 0.3 is 7.82 Å². The number of nitrogens with zero attached hydrogens (tertiary/aromatic N) is 5. The molecule has 2 heterocycles. The molecule has 15 nitrogen and oxygen atoms in total. The van der Waals surface area contributed by atoms with E-state index >= 15 is 4.39 Å². The van der Waals surface area contributed by atoms with E-state index in [0.717, 1.165) is 43.6 Å². The van der Waals surface area contributed by atoms with Crippen molar-refractivity contribution in [2.45, 2.75) is 147 Å². The molecule has 2 aliphatic rings. The van der Waals surface area contributed by atoms with Crippen LogP contribution in [0.15, 0.2) is 155 Å². The topological polar surface area (TPSA) is 193 Å². The Bertz CT molecular complexity index is 3260. The summed E-state index contributed by atoms with van der Waals surface area (Å²) in [6.45, 7) is 10.3. The number of phosphoric ester groups is 1. The number of amides is 2. The Morgan fingerprint density at radius 1 is 0.714 bits per heavy atom. The van der Waals surface area contributed by atoms with Crippen LogP contribution in [-0.2, 0) is 29.8 Å². The lowest BCUT2D eigenvalue weighted by atomic mass is 9.81. The summed E-state index contributed by atoms with van der Waals surface area (Å²) in [7, 11) is 1.13. The Labute approximate surface area is 495 Å². The van der Waals surface area contributed by atoms with Crippen LogP contribution in [0.3, 0.4) is 0 Å². The molecule has 0 saturated carbocycles. The SMILES string of the molecule is CN(C)c1ccc(N=Nc2ccc(C(=O)CCCCCC(NC(=O)CCCCCN3C(=CC=CC4=[N+](C)c5ccccc5C4(C)C)C(C)(C)c4ccccc43)C(=O)NCCCCCCCC(=O)C(F)c3ccccc3OP(=O)(O)O)cc2)cc1. The van der Waals surface area contributed by atoms with Crippen LogP contribution in [0.1, 0.15) is 157 Å². The molecule has 0 radical (unpaired) electrons. The molecule has 0 bridgehead atoms. The third kappa shape index (κ3) is 17.4. The van der Waals surface area contributed by atoms with Gasteiger partial charge in [0.1, 0.15) is 18.8 Å². The van der Waals surface area contributed by atoms with E-state index in [-0.39, 0.29) is 52.6 Å². The predicted molar refractivity (Wildman–Crippen MR) is 332 cm³/mol. The van der Waals surface area contributed by atoms with Gasteiger partial charge in [-0.3, -0.25) is 29.0 Å². The zero-order valence-corrected chi connectivity index (χ0v) is 50.8. The molecule has 2 amide bonds. The first-order valence-electron chi connectivity index (χ1n) is 29.5. The lowest BCUT2D eigenvalue weighted by molar-refractivity contribution is -0.401. The van der Waals surface area contributed by atoms with Gasteiger partial charge in [0.15, 0.2) is 23.4 Å². The van der Waals surface area contributed by atoms with Crippen molar-refractivity contribution in [3.05, 3.63) is 168 Å². The smallest absolute Gasteiger partial charge is 0.404 e. The molecule has 0 saturated heterocycles. The van der Waals surface area contributed by atoms with E-state index in [2.05, 4.69) is 136 Å². The first-order valence-corrected chi connectivity index (χ1v) is 31.1. The molecule has 84 heavy (non-hydrogen) atoms. The minimum Gasteiger partial charge on any atom is -0.404 e. The van der Waals surface area contributed by atoms with E-state index in [9.17, 15) is 33.5 Å². The summed E-state index contributed by atoms with van der Waals surface area (Å²) in [5, 5.41) is 14.7. The summed E-state index contributed by atoms with van der Waals surface area (Å²) in [5.74, 6) is -1.52. The number of halogens is 1. The summed E-state index contributed by atoms with van der Waals surface area (Å²) in [5.41, 5.74) is 9.93. The number of azo groups is 1. The number of para-hydroxylation sites is 3. The lowest BCUT2D eigenvalue weighted by Crippen LogP contribution is -2.46. The number of benzene rings is 5. The van der Waals surface area contributed by atoms with Crippen molar-refractivity contribution >= 4 is 65.4 Å². The second-order valence-electron chi connectivity index (χ2n) is 23.2. The van der Waals surface area contributed by atoms with Crippen molar-refractivity contribution in [3.63, 3.8) is 0 Å². The number of rotatable bonds is 32. The number of anilines is 2. The molecule has 2 unspecified atom stereocenters. The van der Waals surface area contributed by atoms with Gasteiger partial charge in [0.2, 0.25) is 17.5 Å². The lowest BCUT2D eigenvalue weighted by Gasteiger charge is -2.27. The maximum Gasteiger partial charge on any atom is 0.524 e. The van der Waals surface area contributed by atoms with E-state index in [4.69, 9.17) is 0 Å². The van der Waals surface area contributed by atoms with Crippen LogP contribution in [-0.4, -0.2) is 83.7 Å². The minimum absolute atomic E-state index is 0.0134. The number of unbranched alkanes of at least 4 members (excludes halogenated alkanes) is 8. The average molecular weight is 1170 g/mol. The molecule has 2 atom stereocenters. The van der Waals surface area contributed by atoms with Crippen molar-refractivity contribution in [2.75, 3.05) is 44.0 Å². The average Bonchev–Trinajstić information content (AvgIpc) is 2.28. The highest BCUT2D eigenvalue weighted by Gasteiger charge is 2.43. The number of alkyl halides is 1. The Balaban J connectivity index is 0.883. The van der Waals surface area contributed by atoms with Crippen molar-refractivity contribution in [2.24, 2.45) is 10.2 Å². The number of carbonyl (C=O) groups is 4. The summed E-state index contributed by atoms with van der Waals surface area (Å²) in [4.78, 5) is 76.1. The number of hydrogen-bond donors (Lipinski definition) is 4. The molecule has 2 aliphatic heterocycles. The van der Waals surface area contributed by atoms with Gasteiger partial charge in [0.25, 0.3) is 0 Å². The second-order valence-corrected chi connectivity index (χ2v) is 24.3. The van der Waals surface area contributed by atoms with Crippen LogP contribution in [0, 0.1) is 0 Å². The molecule has 7 rings (SSSR count). The number of carbonyl (C=O) groups excluding carboxylic acids is 4. The maximum absolute atomic E-state index is 15.1. The molecule has 5 aromatic rings.